The summed E-state index contributed by atoms with van der Waals surface area (Å²) in [6.07, 6.45) is 0. The van der Waals surface area contributed by atoms with Crippen LogP contribution in [0.4, 0.5) is 0 Å². The molecule has 0 heterocycles. The number of benzene rings is 1. The lowest BCUT2D eigenvalue weighted by molar-refractivity contribution is 0.391. The Kier molecular flexibility index (Phi) is 4.01. The van der Waals surface area contributed by atoms with Gasteiger partial charge in [0.2, 0.25) is 0 Å². The zero-order chi connectivity index (χ0) is 12.0. The maximum atomic E-state index is 8.94. The Morgan fingerprint density at radius 2 is 1.94 bits per heavy atom. The third-order valence-electron chi connectivity index (χ3n) is 1.99. The number of methoxy groups -OCH3 is 2. The van der Waals surface area contributed by atoms with Crippen molar-refractivity contribution < 1.29 is 9.47 Å². The van der Waals surface area contributed by atoms with E-state index in [9.17, 15) is 0 Å². The van der Waals surface area contributed by atoms with E-state index in [0.717, 1.165) is 5.56 Å². The molecule has 0 aliphatic carbocycles. The first-order valence-electron chi connectivity index (χ1n) is 4.42. The van der Waals surface area contributed by atoms with Crippen LogP contribution in [0.25, 0.3) is 10.4 Å². The van der Waals surface area contributed by atoms with Gasteiger partial charge in [-0.1, -0.05) is 5.11 Å². The van der Waals surface area contributed by atoms with E-state index in [1.807, 2.05) is 6.07 Å². The molecule has 0 aromatic heterocycles. The quantitative estimate of drug-likeness (QED) is 0.441. The van der Waals surface area contributed by atoms with Crippen LogP contribution in [-0.2, 0) is 6.54 Å². The van der Waals surface area contributed by atoms with Crippen LogP contribution in [-0.4, -0.2) is 14.2 Å². The lowest BCUT2D eigenvalue weighted by Crippen LogP contribution is -1.95. The summed E-state index contributed by atoms with van der Waals surface area (Å²) in [5.41, 5.74) is 9.28. The first-order chi connectivity index (χ1) is 7.76. The van der Waals surface area contributed by atoms with Gasteiger partial charge in [-0.3, -0.25) is 0 Å². The van der Waals surface area contributed by atoms with Crippen molar-refractivity contribution in [3.05, 3.63) is 33.7 Å². The minimum Gasteiger partial charge on any atom is -0.495 e. The molecule has 0 bridgehead atoms. The highest BCUT2D eigenvalue weighted by Crippen LogP contribution is 2.29. The van der Waals surface area contributed by atoms with Gasteiger partial charge in [-0.25, -0.2) is 0 Å². The van der Waals surface area contributed by atoms with Gasteiger partial charge in [0.1, 0.15) is 23.1 Å². The van der Waals surface area contributed by atoms with E-state index >= 15 is 0 Å². The zero-order valence-electron chi connectivity index (χ0n) is 8.97. The van der Waals surface area contributed by atoms with E-state index in [2.05, 4.69) is 10.0 Å². The maximum Gasteiger partial charge on any atom is 0.140 e. The Bertz CT molecular complexity index is 447. The molecule has 1 aromatic carbocycles. The second kappa shape index (κ2) is 5.49. The number of hydrogen-bond acceptors (Lipinski definition) is 4. The van der Waals surface area contributed by atoms with Crippen molar-refractivity contribution in [2.24, 2.45) is 5.11 Å². The molecule has 0 amide bonds. The number of ether oxygens (including phenoxy) is 2. The molecule has 16 heavy (non-hydrogen) atoms. The molecule has 6 nitrogen and oxygen atoms in total. The molecule has 0 aliphatic rings. The van der Waals surface area contributed by atoms with E-state index in [1.54, 1.807) is 12.1 Å². The number of azide groups is 1. The molecule has 82 valence electrons. The molecule has 0 saturated heterocycles. The summed E-state index contributed by atoms with van der Waals surface area (Å²) >= 11 is 0. The average molecular weight is 218 g/mol. The molecule has 0 radical (unpaired) electrons. The smallest absolute Gasteiger partial charge is 0.140 e. The summed E-state index contributed by atoms with van der Waals surface area (Å²) in [6.45, 7) is 0.189. The molecule has 0 fully saturated rings. The Balaban J connectivity index is 3.26. The van der Waals surface area contributed by atoms with Gasteiger partial charge in [0.05, 0.1) is 20.8 Å². The largest absolute Gasteiger partial charge is 0.495 e. The molecule has 0 spiro atoms. The zero-order valence-corrected chi connectivity index (χ0v) is 8.97. The van der Waals surface area contributed by atoms with Crippen molar-refractivity contribution in [1.29, 1.82) is 5.26 Å². The highest BCUT2D eigenvalue weighted by atomic mass is 16.5. The van der Waals surface area contributed by atoms with Crippen molar-refractivity contribution in [3.8, 4) is 17.6 Å². The lowest BCUT2D eigenvalue weighted by atomic mass is 10.1. The Hall–Kier alpha value is -2.38. The van der Waals surface area contributed by atoms with E-state index in [1.165, 1.54) is 14.2 Å². The molecule has 0 saturated carbocycles. The molecule has 0 atom stereocenters. The fourth-order valence-electron chi connectivity index (χ4n) is 1.28. The summed E-state index contributed by atoms with van der Waals surface area (Å²) in [5.74, 6) is 0.815. The van der Waals surface area contributed by atoms with Crippen LogP contribution in [0.1, 0.15) is 11.1 Å². The van der Waals surface area contributed by atoms with E-state index in [0.29, 0.717) is 17.1 Å². The lowest BCUT2D eigenvalue weighted by Gasteiger charge is -2.09. The summed E-state index contributed by atoms with van der Waals surface area (Å²) in [7, 11) is 2.93. The fraction of sp³-hybridized carbons (Fsp3) is 0.300. The fourth-order valence-corrected chi connectivity index (χ4v) is 1.28. The summed E-state index contributed by atoms with van der Waals surface area (Å²) in [4.78, 5) is 2.66. The van der Waals surface area contributed by atoms with Crippen LogP contribution in [0, 0.1) is 11.3 Å². The number of nitrogens with zero attached hydrogens (tertiary/aromatic N) is 4. The minimum absolute atomic E-state index is 0.189. The van der Waals surface area contributed by atoms with Gasteiger partial charge in [0.15, 0.2) is 0 Å². The minimum atomic E-state index is 0.189. The van der Waals surface area contributed by atoms with Gasteiger partial charge < -0.3 is 9.47 Å². The van der Waals surface area contributed by atoms with Gasteiger partial charge in [0.25, 0.3) is 0 Å². The summed E-state index contributed by atoms with van der Waals surface area (Å²) < 4.78 is 10.1. The third-order valence-corrected chi connectivity index (χ3v) is 1.99. The predicted molar refractivity (Wildman–Crippen MR) is 57.1 cm³/mol. The summed E-state index contributed by atoms with van der Waals surface area (Å²) in [6, 6.07) is 5.29. The number of rotatable bonds is 4. The van der Waals surface area contributed by atoms with Crippen LogP contribution in [0.5, 0.6) is 11.5 Å². The molecule has 6 heteroatoms. The molecule has 0 unspecified atom stereocenters. The Morgan fingerprint density at radius 3 is 2.31 bits per heavy atom. The number of nitriles is 1. The Morgan fingerprint density at radius 1 is 1.38 bits per heavy atom. The molecule has 0 aliphatic heterocycles. The molecule has 0 N–H and O–H groups in total. The standard InChI is InChI=1S/C10H10N4O2/c1-15-9-3-7(6-13-14-12)4-10(16-2)8(9)5-11/h3-4H,6H2,1-2H3. The second-order valence-corrected chi connectivity index (χ2v) is 2.88. The molecule has 1 rings (SSSR count). The average Bonchev–Trinajstić information content (AvgIpc) is 2.34. The van der Waals surface area contributed by atoms with Crippen LogP contribution in [0.3, 0.4) is 0 Å². The van der Waals surface area contributed by atoms with Crippen molar-refractivity contribution in [3.63, 3.8) is 0 Å². The maximum absolute atomic E-state index is 8.94. The predicted octanol–water partition coefficient (Wildman–Crippen LogP) is 2.39. The van der Waals surface area contributed by atoms with Gasteiger partial charge in [-0.05, 0) is 23.2 Å². The second-order valence-electron chi connectivity index (χ2n) is 2.88. The van der Waals surface area contributed by atoms with Crippen LogP contribution >= 0.6 is 0 Å². The topological polar surface area (TPSA) is 91.0 Å². The first-order valence-corrected chi connectivity index (χ1v) is 4.42. The van der Waals surface area contributed by atoms with Crippen molar-refractivity contribution in [2.75, 3.05) is 14.2 Å². The molecule has 1 aromatic rings. The highest BCUT2D eigenvalue weighted by molar-refractivity contribution is 5.55. The summed E-state index contributed by atoms with van der Waals surface area (Å²) in [5, 5.41) is 12.4. The van der Waals surface area contributed by atoms with Crippen LogP contribution < -0.4 is 9.47 Å². The van der Waals surface area contributed by atoms with Crippen LogP contribution in [0.15, 0.2) is 17.2 Å². The van der Waals surface area contributed by atoms with Crippen molar-refractivity contribution >= 4 is 0 Å². The monoisotopic (exact) mass is 218 g/mol. The third kappa shape index (κ3) is 2.35. The SMILES string of the molecule is COc1cc(CN=[N+]=[N-])cc(OC)c1C#N. The van der Waals surface area contributed by atoms with Crippen LogP contribution in [0.2, 0.25) is 0 Å². The van der Waals surface area contributed by atoms with E-state index in [-0.39, 0.29) is 6.54 Å². The van der Waals surface area contributed by atoms with Gasteiger partial charge in [-0.15, -0.1) is 0 Å². The number of hydrogen-bond donors (Lipinski definition) is 0. The molecular formula is C10H10N4O2. The van der Waals surface area contributed by atoms with E-state index < -0.39 is 0 Å². The normalized spacial score (nSPS) is 8.81. The first kappa shape index (κ1) is 11.7. The van der Waals surface area contributed by atoms with Gasteiger partial charge >= 0.3 is 0 Å². The van der Waals surface area contributed by atoms with Gasteiger partial charge in [-0.2, -0.15) is 5.26 Å². The molecular weight excluding hydrogens is 208 g/mol. The van der Waals surface area contributed by atoms with Crippen molar-refractivity contribution in [1.82, 2.24) is 0 Å². The van der Waals surface area contributed by atoms with E-state index in [4.69, 9.17) is 20.3 Å². The Labute approximate surface area is 92.6 Å². The van der Waals surface area contributed by atoms with Gasteiger partial charge in [0, 0.05) is 4.91 Å². The van der Waals surface area contributed by atoms with Crippen molar-refractivity contribution in [2.45, 2.75) is 6.54 Å². The highest BCUT2D eigenvalue weighted by Gasteiger charge is 2.11.